The standard InChI is InChI=1S/C14H19NOS/c1-4-10-17-11-9-15-12(2)13-7-5-6-8-14(13)16-3/h1,5-8,12,15H,9-11H2,2-3H3. The Morgan fingerprint density at radius 3 is 2.94 bits per heavy atom. The molecule has 0 amide bonds. The second kappa shape index (κ2) is 8.05. The minimum atomic E-state index is 0.289. The molecule has 0 aliphatic heterocycles. The van der Waals surface area contributed by atoms with Crippen molar-refractivity contribution in [2.45, 2.75) is 13.0 Å². The Bertz CT molecular complexity index is 373. The number of rotatable bonds is 7. The van der Waals surface area contributed by atoms with Crippen molar-refractivity contribution in [2.24, 2.45) is 0 Å². The molecule has 92 valence electrons. The summed E-state index contributed by atoms with van der Waals surface area (Å²) >= 11 is 1.77. The zero-order chi connectivity index (χ0) is 12.5. The molecule has 0 heterocycles. The Labute approximate surface area is 108 Å². The fourth-order valence-corrected chi connectivity index (χ4v) is 2.14. The van der Waals surface area contributed by atoms with E-state index < -0.39 is 0 Å². The van der Waals surface area contributed by atoms with E-state index in [1.54, 1.807) is 18.9 Å². The Kier molecular flexibility index (Phi) is 6.61. The fraction of sp³-hybridized carbons (Fsp3) is 0.429. The summed E-state index contributed by atoms with van der Waals surface area (Å²) < 4.78 is 5.34. The van der Waals surface area contributed by atoms with Crippen LogP contribution in [0.2, 0.25) is 0 Å². The van der Waals surface area contributed by atoms with Crippen molar-refractivity contribution in [3.63, 3.8) is 0 Å². The highest BCUT2D eigenvalue weighted by molar-refractivity contribution is 7.99. The highest BCUT2D eigenvalue weighted by Crippen LogP contribution is 2.24. The Morgan fingerprint density at radius 1 is 1.47 bits per heavy atom. The smallest absolute Gasteiger partial charge is 0.123 e. The zero-order valence-corrected chi connectivity index (χ0v) is 11.2. The Hall–Kier alpha value is -1.11. The van der Waals surface area contributed by atoms with Crippen molar-refractivity contribution in [1.82, 2.24) is 5.32 Å². The lowest BCUT2D eigenvalue weighted by Gasteiger charge is -2.16. The van der Waals surface area contributed by atoms with Gasteiger partial charge >= 0.3 is 0 Å². The third kappa shape index (κ3) is 4.72. The minimum Gasteiger partial charge on any atom is -0.496 e. The monoisotopic (exact) mass is 249 g/mol. The van der Waals surface area contributed by atoms with Crippen molar-refractivity contribution < 1.29 is 4.74 Å². The van der Waals surface area contributed by atoms with Crippen molar-refractivity contribution in [3.05, 3.63) is 29.8 Å². The molecular formula is C14H19NOS. The van der Waals surface area contributed by atoms with Crippen LogP contribution < -0.4 is 10.1 Å². The summed E-state index contributed by atoms with van der Waals surface area (Å²) in [6.45, 7) is 3.09. The van der Waals surface area contributed by atoms with Crippen LogP contribution in [0.25, 0.3) is 0 Å². The van der Waals surface area contributed by atoms with E-state index in [1.165, 1.54) is 5.56 Å². The first-order chi connectivity index (χ1) is 8.29. The highest BCUT2D eigenvalue weighted by Gasteiger charge is 2.09. The summed E-state index contributed by atoms with van der Waals surface area (Å²) in [5.41, 5.74) is 1.19. The molecule has 1 rings (SSSR count). The van der Waals surface area contributed by atoms with E-state index in [-0.39, 0.29) is 6.04 Å². The van der Waals surface area contributed by atoms with Gasteiger partial charge in [0.05, 0.1) is 12.9 Å². The first kappa shape index (κ1) is 14.0. The molecule has 1 unspecified atom stereocenters. The van der Waals surface area contributed by atoms with Crippen LogP contribution in [0.5, 0.6) is 5.75 Å². The van der Waals surface area contributed by atoms with E-state index in [4.69, 9.17) is 11.2 Å². The molecule has 3 heteroatoms. The van der Waals surface area contributed by atoms with Crippen molar-refractivity contribution in [2.75, 3.05) is 25.2 Å². The van der Waals surface area contributed by atoms with E-state index in [0.29, 0.717) is 0 Å². The van der Waals surface area contributed by atoms with Gasteiger partial charge in [-0.3, -0.25) is 0 Å². The molecule has 2 nitrogen and oxygen atoms in total. The normalized spacial score (nSPS) is 11.8. The molecule has 1 atom stereocenters. The van der Waals surface area contributed by atoms with Gasteiger partial charge in [-0.15, -0.1) is 18.2 Å². The number of methoxy groups -OCH3 is 1. The van der Waals surface area contributed by atoms with E-state index >= 15 is 0 Å². The molecule has 0 aliphatic carbocycles. The van der Waals surface area contributed by atoms with Gasteiger partial charge in [0, 0.05) is 23.9 Å². The maximum Gasteiger partial charge on any atom is 0.123 e. The molecule has 0 aliphatic rings. The van der Waals surface area contributed by atoms with Crippen LogP contribution in [-0.2, 0) is 0 Å². The molecule has 0 aromatic heterocycles. The number of para-hydroxylation sites is 1. The van der Waals surface area contributed by atoms with Gasteiger partial charge in [-0.05, 0) is 13.0 Å². The average Bonchev–Trinajstić information content (AvgIpc) is 2.38. The SMILES string of the molecule is C#CCSCCNC(C)c1ccccc1OC. The maximum absolute atomic E-state index is 5.34. The van der Waals surface area contributed by atoms with Gasteiger partial charge in [-0.2, -0.15) is 0 Å². The first-order valence-electron chi connectivity index (χ1n) is 5.67. The second-order valence-electron chi connectivity index (χ2n) is 3.67. The summed E-state index contributed by atoms with van der Waals surface area (Å²) in [5.74, 6) is 5.37. The van der Waals surface area contributed by atoms with Gasteiger partial charge < -0.3 is 10.1 Å². The summed E-state index contributed by atoms with van der Waals surface area (Å²) in [7, 11) is 1.70. The number of hydrogen-bond acceptors (Lipinski definition) is 3. The van der Waals surface area contributed by atoms with Gasteiger partial charge in [-0.25, -0.2) is 0 Å². The lowest BCUT2D eigenvalue weighted by atomic mass is 10.1. The third-order valence-electron chi connectivity index (χ3n) is 2.49. The van der Waals surface area contributed by atoms with Gasteiger partial charge in [0.1, 0.15) is 5.75 Å². The van der Waals surface area contributed by atoms with Crippen LogP contribution in [0.3, 0.4) is 0 Å². The number of thioether (sulfide) groups is 1. The van der Waals surface area contributed by atoms with Crippen molar-refractivity contribution >= 4 is 11.8 Å². The van der Waals surface area contributed by atoms with Crippen LogP contribution in [0.1, 0.15) is 18.5 Å². The molecular weight excluding hydrogens is 230 g/mol. The van der Waals surface area contributed by atoms with Gasteiger partial charge in [-0.1, -0.05) is 24.1 Å². The Balaban J connectivity index is 2.41. The van der Waals surface area contributed by atoms with Gasteiger partial charge in [0.15, 0.2) is 0 Å². The number of benzene rings is 1. The Morgan fingerprint density at radius 2 is 2.24 bits per heavy atom. The first-order valence-corrected chi connectivity index (χ1v) is 6.82. The topological polar surface area (TPSA) is 21.3 Å². The molecule has 0 saturated heterocycles. The molecule has 0 radical (unpaired) electrons. The zero-order valence-electron chi connectivity index (χ0n) is 10.4. The van der Waals surface area contributed by atoms with Crippen molar-refractivity contribution in [3.8, 4) is 18.1 Å². The van der Waals surface area contributed by atoms with Gasteiger partial charge in [0.2, 0.25) is 0 Å². The molecule has 0 bridgehead atoms. The van der Waals surface area contributed by atoms with E-state index in [1.807, 2.05) is 18.2 Å². The number of ether oxygens (including phenoxy) is 1. The van der Waals surface area contributed by atoms with Crippen LogP contribution in [0, 0.1) is 12.3 Å². The second-order valence-corrected chi connectivity index (χ2v) is 4.78. The van der Waals surface area contributed by atoms with Gasteiger partial charge in [0.25, 0.3) is 0 Å². The molecule has 1 aromatic carbocycles. The largest absolute Gasteiger partial charge is 0.496 e. The predicted molar refractivity (Wildman–Crippen MR) is 75.6 cm³/mol. The summed E-state index contributed by atoms with van der Waals surface area (Å²) in [6, 6.07) is 8.38. The molecule has 1 N–H and O–H groups in total. The lowest BCUT2D eigenvalue weighted by Crippen LogP contribution is -2.21. The van der Waals surface area contributed by atoms with Crippen LogP contribution in [0.4, 0.5) is 0 Å². The summed E-state index contributed by atoms with van der Waals surface area (Å²) in [6.07, 6.45) is 5.19. The summed E-state index contributed by atoms with van der Waals surface area (Å²) in [4.78, 5) is 0. The highest BCUT2D eigenvalue weighted by atomic mass is 32.2. The number of terminal acetylenes is 1. The van der Waals surface area contributed by atoms with E-state index in [2.05, 4.69) is 24.2 Å². The predicted octanol–water partition coefficient (Wildman–Crippen LogP) is 2.71. The summed E-state index contributed by atoms with van der Waals surface area (Å²) in [5, 5.41) is 3.46. The number of hydrogen-bond donors (Lipinski definition) is 1. The van der Waals surface area contributed by atoms with Crippen LogP contribution in [0.15, 0.2) is 24.3 Å². The molecule has 0 spiro atoms. The molecule has 17 heavy (non-hydrogen) atoms. The third-order valence-corrected chi connectivity index (χ3v) is 3.35. The molecule has 0 fully saturated rings. The lowest BCUT2D eigenvalue weighted by molar-refractivity contribution is 0.402. The van der Waals surface area contributed by atoms with Crippen LogP contribution in [-0.4, -0.2) is 25.2 Å². The fourth-order valence-electron chi connectivity index (χ4n) is 1.61. The van der Waals surface area contributed by atoms with E-state index in [9.17, 15) is 0 Å². The number of nitrogens with one attached hydrogen (secondary N) is 1. The quantitative estimate of drug-likeness (QED) is 0.593. The van der Waals surface area contributed by atoms with E-state index in [0.717, 1.165) is 23.8 Å². The maximum atomic E-state index is 5.34. The van der Waals surface area contributed by atoms with Crippen molar-refractivity contribution in [1.29, 1.82) is 0 Å². The minimum absolute atomic E-state index is 0.289. The molecule has 0 saturated carbocycles. The average molecular weight is 249 g/mol. The van der Waals surface area contributed by atoms with Crippen LogP contribution >= 0.6 is 11.8 Å². The molecule has 1 aromatic rings.